The minimum atomic E-state index is -3.64. The maximum Gasteiger partial charge on any atom is 0.238 e. The molecule has 152 valence electrons. The van der Waals surface area contributed by atoms with Gasteiger partial charge in [-0.1, -0.05) is 6.92 Å². The van der Waals surface area contributed by atoms with Crippen LogP contribution in [0.3, 0.4) is 0 Å². The SMILES string of the molecule is CCS(=O)(=O)c1cccnc1-c1cnc(Oc2c(F)c(F)c(F)c(F)c2F)cn1. The smallest absolute Gasteiger partial charge is 0.238 e. The van der Waals surface area contributed by atoms with Gasteiger partial charge in [-0.3, -0.25) is 4.98 Å². The van der Waals surface area contributed by atoms with Crippen molar-refractivity contribution < 1.29 is 35.1 Å². The van der Waals surface area contributed by atoms with E-state index in [9.17, 15) is 30.4 Å². The summed E-state index contributed by atoms with van der Waals surface area (Å²) < 4.78 is 95.9. The van der Waals surface area contributed by atoms with E-state index in [4.69, 9.17) is 0 Å². The van der Waals surface area contributed by atoms with Crippen LogP contribution in [0.5, 0.6) is 11.6 Å². The third-order valence-electron chi connectivity index (χ3n) is 3.73. The molecule has 0 spiro atoms. The van der Waals surface area contributed by atoms with Gasteiger partial charge in [-0.25, -0.2) is 31.6 Å². The summed E-state index contributed by atoms with van der Waals surface area (Å²) in [6.45, 7) is 1.44. The Morgan fingerprint density at radius 3 is 2.07 bits per heavy atom. The molecule has 0 N–H and O–H groups in total. The topological polar surface area (TPSA) is 82.0 Å². The van der Waals surface area contributed by atoms with Crippen molar-refractivity contribution in [1.29, 1.82) is 0 Å². The molecule has 2 aromatic heterocycles. The van der Waals surface area contributed by atoms with Gasteiger partial charge in [-0.05, 0) is 12.1 Å². The van der Waals surface area contributed by atoms with Gasteiger partial charge in [0.25, 0.3) is 0 Å². The number of benzene rings is 1. The number of nitrogens with zero attached hydrogens (tertiary/aromatic N) is 3. The Kier molecular flexibility index (Phi) is 5.46. The first-order chi connectivity index (χ1) is 13.7. The third kappa shape index (κ3) is 3.75. The number of hydrogen-bond acceptors (Lipinski definition) is 6. The zero-order chi connectivity index (χ0) is 21.3. The van der Waals surface area contributed by atoms with Gasteiger partial charge >= 0.3 is 0 Å². The minimum Gasteiger partial charge on any atom is -0.431 e. The van der Waals surface area contributed by atoms with Gasteiger partial charge in [-0.15, -0.1) is 0 Å². The summed E-state index contributed by atoms with van der Waals surface area (Å²) >= 11 is 0. The highest BCUT2D eigenvalue weighted by molar-refractivity contribution is 7.91. The number of halogens is 5. The van der Waals surface area contributed by atoms with Gasteiger partial charge in [-0.2, -0.15) is 8.78 Å². The van der Waals surface area contributed by atoms with E-state index < -0.39 is 50.6 Å². The predicted octanol–water partition coefficient (Wildman–Crippen LogP) is 3.82. The lowest BCUT2D eigenvalue weighted by atomic mass is 10.2. The zero-order valence-electron chi connectivity index (χ0n) is 14.5. The lowest BCUT2D eigenvalue weighted by molar-refractivity contribution is 0.327. The molecule has 0 saturated heterocycles. The number of hydrogen-bond donors (Lipinski definition) is 0. The van der Waals surface area contributed by atoms with E-state index in [0.29, 0.717) is 0 Å². The number of rotatable bonds is 5. The fourth-order valence-corrected chi connectivity index (χ4v) is 3.31. The molecule has 2 heterocycles. The van der Waals surface area contributed by atoms with Crippen molar-refractivity contribution in [1.82, 2.24) is 15.0 Å². The summed E-state index contributed by atoms with van der Waals surface area (Å²) in [6.07, 6.45) is 3.13. The molecule has 0 bridgehead atoms. The Bertz CT molecular complexity index is 1160. The van der Waals surface area contributed by atoms with Gasteiger partial charge in [0.2, 0.25) is 40.7 Å². The van der Waals surface area contributed by atoms with Crippen LogP contribution in [-0.4, -0.2) is 29.1 Å². The van der Waals surface area contributed by atoms with Crippen molar-refractivity contribution in [3.63, 3.8) is 0 Å². The summed E-state index contributed by atoms with van der Waals surface area (Å²) in [7, 11) is -3.64. The van der Waals surface area contributed by atoms with Crippen molar-refractivity contribution >= 4 is 9.84 Å². The Balaban J connectivity index is 1.99. The molecule has 1 aromatic carbocycles. The van der Waals surface area contributed by atoms with E-state index in [2.05, 4.69) is 19.7 Å². The normalized spacial score (nSPS) is 11.5. The molecule has 0 aliphatic carbocycles. The number of aromatic nitrogens is 3. The standard InChI is InChI=1S/C17H10F5N3O3S/c1-2-29(26,27)9-4-3-5-23-16(9)8-6-25-10(7-24-8)28-17-14(21)12(19)11(18)13(20)15(17)22/h3-7H,2H2,1H3. The Labute approximate surface area is 161 Å². The second-order valence-corrected chi connectivity index (χ2v) is 7.74. The lowest BCUT2D eigenvalue weighted by Gasteiger charge is -2.10. The number of ether oxygens (including phenoxy) is 1. The Hall–Kier alpha value is -3.15. The molecule has 3 rings (SSSR count). The van der Waals surface area contributed by atoms with Crippen LogP contribution in [0.1, 0.15) is 6.92 Å². The summed E-state index contributed by atoms with van der Waals surface area (Å²) in [6, 6.07) is 2.74. The van der Waals surface area contributed by atoms with Crippen molar-refractivity contribution in [2.75, 3.05) is 5.75 Å². The van der Waals surface area contributed by atoms with Gasteiger partial charge in [0.15, 0.2) is 9.84 Å². The average molecular weight is 431 g/mol. The molecular formula is C17H10F5N3O3S. The molecule has 0 radical (unpaired) electrons. The predicted molar refractivity (Wildman–Crippen MR) is 89.3 cm³/mol. The minimum absolute atomic E-state index is 0.0117. The van der Waals surface area contributed by atoms with Crippen LogP contribution in [0.2, 0.25) is 0 Å². The largest absolute Gasteiger partial charge is 0.431 e. The van der Waals surface area contributed by atoms with Crippen LogP contribution >= 0.6 is 0 Å². The van der Waals surface area contributed by atoms with E-state index in [1.54, 1.807) is 0 Å². The van der Waals surface area contributed by atoms with Crippen LogP contribution in [0.25, 0.3) is 11.4 Å². The number of sulfone groups is 1. The van der Waals surface area contributed by atoms with E-state index >= 15 is 0 Å². The van der Waals surface area contributed by atoms with Crippen molar-refractivity contribution in [2.45, 2.75) is 11.8 Å². The summed E-state index contributed by atoms with van der Waals surface area (Å²) in [4.78, 5) is 11.4. The quantitative estimate of drug-likeness (QED) is 0.347. The van der Waals surface area contributed by atoms with Gasteiger partial charge in [0.05, 0.1) is 23.0 Å². The lowest BCUT2D eigenvalue weighted by Crippen LogP contribution is -2.07. The highest BCUT2D eigenvalue weighted by atomic mass is 32.2. The molecule has 0 aliphatic rings. The fraction of sp³-hybridized carbons (Fsp3) is 0.118. The first-order valence-corrected chi connectivity index (χ1v) is 9.52. The summed E-state index contributed by atoms with van der Waals surface area (Å²) in [5.41, 5.74) is -0.0352. The van der Waals surface area contributed by atoms with Crippen LogP contribution in [0, 0.1) is 29.1 Å². The zero-order valence-corrected chi connectivity index (χ0v) is 15.3. The molecule has 0 saturated carbocycles. The molecule has 3 aromatic rings. The summed E-state index contributed by atoms with van der Waals surface area (Å²) in [5, 5.41) is 0. The molecule has 29 heavy (non-hydrogen) atoms. The van der Waals surface area contributed by atoms with Gasteiger partial charge < -0.3 is 4.74 Å². The molecule has 0 amide bonds. The van der Waals surface area contributed by atoms with Crippen LogP contribution < -0.4 is 4.74 Å². The summed E-state index contributed by atoms with van der Waals surface area (Å²) in [5.74, 6) is -13.4. The highest BCUT2D eigenvalue weighted by Gasteiger charge is 2.28. The van der Waals surface area contributed by atoms with Crippen molar-refractivity contribution in [2.24, 2.45) is 0 Å². The molecule has 0 atom stereocenters. The van der Waals surface area contributed by atoms with Gasteiger partial charge in [0.1, 0.15) is 11.4 Å². The average Bonchev–Trinajstić information content (AvgIpc) is 2.74. The first-order valence-electron chi connectivity index (χ1n) is 7.86. The van der Waals surface area contributed by atoms with Crippen molar-refractivity contribution in [3.8, 4) is 23.0 Å². The maximum absolute atomic E-state index is 13.7. The number of pyridine rings is 1. The Morgan fingerprint density at radius 2 is 1.52 bits per heavy atom. The van der Waals surface area contributed by atoms with Crippen LogP contribution in [0.15, 0.2) is 35.6 Å². The third-order valence-corrected chi connectivity index (χ3v) is 5.49. The highest BCUT2D eigenvalue weighted by Crippen LogP contribution is 2.32. The molecule has 0 fully saturated rings. The second-order valence-electron chi connectivity index (χ2n) is 5.49. The van der Waals surface area contributed by atoms with E-state index in [1.165, 1.54) is 25.3 Å². The van der Waals surface area contributed by atoms with Gasteiger partial charge in [0, 0.05) is 6.20 Å². The van der Waals surface area contributed by atoms with Crippen LogP contribution in [0.4, 0.5) is 22.0 Å². The monoisotopic (exact) mass is 431 g/mol. The molecular weight excluding hydrogens is 421 g/mol. The molecule has 12 heteroatoms. The molecule has 6 nitrogen and oxygen atoms in total. The van der Waals surface area contributed by atoms with Crippen LogP contribution in [-0.2, 0) is 9.84 Å². The van der Waals surface area contributed by atoms with E-state index in [1.807, 2.05) is 0 Å². The van der Waals surface area contributed by atoms with E-state index in [-0.39, 0.29) is 22.0 Å². The molecule has 0 aliphatic heterocycles. The second kappa shape index (κ2) is 7.70. The molecule has 0 unspecified atom stereocenters. The maximum atomic E-state index is 13.7. The van der Waals surface area contributed by atoms with E-state index in [0.717, 1.165) is 12.4 Å². The van der Waals surface area contributed by atoms with Crippen molar-refractivity contribution in [3.05, 3.63) is 59.8 Å². The fourth-order valence-electron chi connectivity index (χ4n) is 2.26. The first kappa shape index (κ1) is 20.6. The Morgan fingerprint density at radius 1 is 0.897 bits per heavy atom.